The van der Waals surface area contributed by atoms with Crippen LogP contribution in [-0.2, 0) is 10.0 Å². The third-order valence-electron chi connectivity index (χ3n) is 4.05. The third-order valence-corrected chi connectivity index (χ3v) is 6.09. The van der Waals surface area contributed by atoms with Gasteiger partial charge in [0.15, 0.2) is 0 Å². The molecule has 8 heteroatoms. The highest BCUT2D eigenvalue weighted by molar-refractivity contribution is 7.89. The Morgan fingerprint density at radius 2 is 1.85 bits per heavy atom. The van der Waals surface area contributed by atoms with Crippen LogP contribution >= 0.6 is 0 Å². The number of ether oxygens (including phenoxy) is 1. The van der Waals surface area contributed by atoms with Gasteiger partial charge in [0.1, 0.15) is 17.3 Å². The van der Waals surface area contributed by atoms with Gasteiger partial charge in [-0.25, -0.2) is 8.42 Å². The van der Waals surface area contributed by atoms with E-state index in [9.17, 15) is 13.2 Å². The monoisotopic (exact) mass is 380 g/mol. The van der Waals surface area contributed by atoms with Gasteiger partial charge in [0.05, 0.1) is 23.3 Å². The molecule has 1 N–H and O–H groups in total. The van der Waals surface area contributed by atoms with E-state index in [0.717, 1.165) is 0 Å². The SMILES string of the molecule is CCN(CC)S(=O)(=O)c1ccc(OC)c(NC(=O)c2cc(C)oc2C)c1. The highest BCUT2D eigenvalue weighted by atomic mass is 32.2. The molecule has 0 unspecified atom stereocenters. The second-order valence-corrected chi connectivity index (χ2v) is 7.67. The first-order valence-corrected chi connectivity index (χ1v) is 9.75. The smallest absolute Gasteiger partial charge is 0.259 e. The maximum Gasteiger partial charge on any atom is 0.259 e. The number of hydrogen-bond acceptors (Lipinski definition) is 5. The molecule has 0 saturated heterocycles. The molecule has 0 atom stereocenters. The molecule has 1 heterocycles. The van der Waals surface area contributed by atoms with Crippen LogP contribution in [0.15, 0.2) is 33.6 Å². The lowest BCUT2D eigenvalue weighted by Gasteiger charge is -2.19. The summed E-state index contributed by atoms with van der Waals surface area (Å²) in [4.78, 5) is 12.6. The molecule has 0 bridgehead atoms. The second-order valence-electron chi connectivity index (χ2n) is 5.73. The molecule has 0 saturated carbocycles. The number of benzene rings is 1. The van der Waals surface area contributed by atoms with E-state index in [-0.39, 0.29) is 10.6 Å². The summed E-state index contributed by atoms with van der Waals surface area (Å²) in [7, 11) is -2.19. The molecule has 0 aliphatic carbocycles. The Balaban J connectivity index is 2.42. The van der Waals surface area contributed by atoms with Crippen LogP contribution in [0.2, 0.25) is 0 Å². The summed E-state index contributed by atoms with van der Waals surface area (Å²) in [5.41, 5.74) is 0.672. The number of hydrogen-bond donors (Lipinski definition) is 1. The summed E-state index contributed by atoms with van der Waals surface area (Å²) in [5.74, 6) is 1.09. The number of nitrogens with one attached hydrogen (secondary N) is 1. The second kappa shape index (κ2) is 7.92. The summed E-state index contributed by atoms with van der Waals surface area (Å²) >= 11 is 0. The van der Waals surface area contributed by atoms with E-state index in [0.29, 0.717) is 35.9 Å². The molecule has 1 aromatic carbocycles. The van der Waals surface area contributed by atoms with E-state index >= 15 is 0 Å². The number of amides is 1. The number of nitrogens with zero attached hydrogens (tertiary/aromatic N) is 1. The molecule has 0 aliphatic rings. The van der Waals surface area contributed by atoms with Crippen molar-refractivity contribution in [2.24, 2.45) is 0 Å². The largest absolute Gasteiger partial charge is 0.495 e. The quantitative estimate of drug-likeness (QED) is 0.797. The minimum Gasteiger partial charge on any atom is -0.495 e. The fourth-order valence-corrected chi connectivity index (χ4v) is 4.19. The molecule has 1 aromatic heterocycles. The highest BCUT2D eigenvalue weighted by Crippen LogP contribution is 2.29. The Bertz CT molecular complexity index is 898. The summed E-state index contributed by atoms with van der Waals surface area (Å²) < 4.78 is 37.4. The van der Waals surface area contributed by atoms with Gasteiger partial charge in [-0.15, -0.1) is 0 Å². The Morgan fingerprint density at radius 1 is 1.19 bits per heavy atom. The number of anilines is 1. The molecule has 2 aromatic rings. The van der Waals surface area contributed by atoms with Crippen LogP contribution in [0, 0.1) is 13.8 Å². The average molecular weight is 380 g/mol. The third kappa shape index (κ3) is 3.91. The van der Waals surface area contributed by atoms with Gasteiger partial charge < -0.3 is 14.5 Å². The predicted octanol–water partition coefficient (Wildman–Crippen LogP) is 3.19. The van der Waals surface area contributed by atoms with Crippen molar-refractivity contribution in [2.75, 3.05) is 25.5 Å². The van der Waals surface area contributed by atoms with Crippen LogP contribution in [0.3, 0.4) is 0 Å². The molecule has 26 heavy (non-hydrogen) atoms. The van der Waals surface area contributed by atoms with Gasteiger partial charge >= 0.3 is 0 Å². The van der Waals surface area contributed by atoms with Crippen LogP contribution in [0.5, 0.6) is 5.75 Å². The van der Waals surface area contributed by atoms with Crippen LogP contribution in [0.4, 0.5) is 5.69 Å². The summed E-state index contributed by atoms with van der Waals surface area (Å²) in [6.07, 6.45) is 0. The van der Waals surface area contributed by atoms with Crippen LogP contribution in [0.1, 0.15) is 35.7 Å². The molecule has 0 spiro atoms. The summed E-state index contributed by atoms with van der Waals surface area (Å²) in [5, 5.41) is 2.71. The van der Waals surface area contributed by atoms with Crippen molar-refractivity contribution in [3.8, 4) is 5.75 Å². The fourth-order valence-electron chi connectivity index (χ4n) is 2.70. The first-order chi connectivity index (χ1) is 12.2. The first kappa shape index (κ1) is 20.0. The lowest BCUT2D eigenvalue weighted by molar-refractivity contribution is 0.102. The number of methoxy groups -OCH3 is 1. The lowest BCUT2D eigenvalue weighted by atomic mass is 10.2. The minimum absolute atomic E-state index is 0.0948. The zero-order valence-electron chi connectivity index (χ0n) is 15.6. The van der Waals surface area contributed by atoms with E-state index in [1.165, 1.54) is 29.6 Å². The van der Waals surface area contributed by atoms with Crippen molar-refractivity contribution in [3.63, 3.8) is 0 Å². The Morgan fingerprint density at radius 3 is 2.35 bits per heavy atom. The minimum atomic E-state index is -3.65. The normalized spacial score (nSPS) is 11.6. The predicted molar refractivity (Wildman–Crippen MR) is 99.2 cm³/mol. The maximum absolute atomic E-state index is 12.7. The Kier molecular flexibility index (Phi) is 6.09. The average Bonchev–Trinajstić information content (AvgIpc) is 2.94. The number of rotatable bonds is 7. The van der Waals surface area contributed by atoms with Crippen LogP contribution in [0.25, 0.3) is 0 Å². The van der Waals surface area contributed by atoms with Crippen molar-refractivity contribution >= 4 is 21.6 Å². The first-order valence-electron chi connectivity index (χ1n) is 8.31. The number of aryl methyl sites for hydroxylation is 2. The van der Waals surface area contributed by atoms with Gasteiger partial charge in [0.25, 0.3) is 5.91 Å². The molecule has 0 aliphatic heterocycles. The topological polar surface area (TPSA) is 88.9 Å². The zero-order chi connectivity index (χ0) is 19.5. The van der Waals surface area contributed by atoms with Crippen LogP contribution in [-0.4, -0.2) is 38.8 Å². The molecular weight excluding hydrogens is 356 g/mol. The van der Waals surface area contributed by atoms with Crippen molar-refractivity contribution < 1.29 is 22.4 Å². The molecule has 0 radical (unpaired) electrons. The van der Waals surface area contributed by atoms with Gasteiger partial charge in [-0.05, 0) is 38.1 Å². The zero-order valence-corrected chi connectivity index (χ0v) is 16.4. The van der Waals surface area contributed by atoms with Crippen molar-refractivity contribution in [1.82, 2.24) is 4.31 Å². The molecule has 0 fully saturated rings. The Hall–Kier alpha value is -2.32. The lowest BCUT2D eigenvalue weighted by Crippen LogP contribution is -2.30. The van der Waals surface area contributed by atoms with E-state index < -0.39 is 15.9 Å². The number of furan rings is 1. The fraction of sp³-hybridized carbons (Fsp3) is 0.389. The van der Waals surface area contributed by atoms with Crippen molar-refractivity contribution in [2.45, 2.75) is 32.6 Å². The van der Waals surface area contributed by atoms with Gasteiger partial charge in [0, 0.05) is 13.1 Å². The highest BCUT2D eigenvalue weighted by Gasteiger charge is 2.24. The Labute approximate surface area is 154 Å². The molecule has 1 amide bonds. The molecule has 2 rings (SSSR count). The molecule has 7 nitrogen and oxygen atoms in total. The van der Waals surface area contributed by atoms with E-state index in [4.69, 9.17) is 9.15 Å². The summed E-state index contributed by atoms with van der Waals surface area (Å²) in [6, 6.07) is 6.04. The maximum atomic E-state index is 12.7. The van der Waals surface area contributed by atoms with Gasteiger partial charge in [-0.2, -0.15) is 4.31 Å². The number of carbonyl (C=O) groups excluding carboxylic acids is 1. The standard InChI is InChI=1S/C18H24N2O5S/c1-6-20(7-2)26(22,23)14-8-9-17(24-5)16(11-14)19-18(21)15-10-12(3)25-13(15)4/h8-11H,6-7H2,1-5H3,(H,19,21). The van der Waals surface area contributed by atoms with Crippen LogP contribution < -0.4 is 10.1 Å². The molecular formula is C18H24N2O5S. The van der Waals surface area contributed by atoms with Crippen molar-refractivity contribution in [1.29, 1.82) is 0 Å². The van der Waals surface area contributed by atoms with Gasteiger partial charge in [-0.3, -0.25) is 4.79 Å². The van der Waals surface area contributed by atoms with Crippen molar-refractivity contribution in [3.05, 3.63) is 41.3 Å². The van der Waals surface area contributed by atoms with E-state index in [1.54, 1.807) is 33.8 Å². The molecule has 142 valence electrons. The van der Waals surface area contributed by atoms with Gasteiger partial charge in [0.2, 0.25) is 10.0 Å². The van der Waals surface area contributed by atoms with E-state index in [1.807, 2.05) is 0 Å². The number of carbonyl (C=O) groups is 1. The number of sulfonamides is 1. The van der Waals surface area contributed by atoms with E-state index in [2.05, 4.69) is 5.32 Å². The van der Waals surface area contributed by atoms with Gasteiger partial charge in [-0.1, -0.05) is 13.8 Å². The summed E-state index contributed by atoms with van der Waals surface area (Å²) in [6.45, 7) is 7.72.